The van der Waals surface area contributed by atoms with Gasteiger partial charge in [0.1, 0.15) is 0 Å². The zero-order chi connectivity index (χ0) is 5.82. The second-order valence-corrected chi connectivity index (χ2v) is 2.23. The van der Waals surface area contributed by atoms with Crippen LogP contribution in [0.2, 0.25) is 0 Å². The van der Waals surface area contributed by atoms with Crippen LogP contribution in [0, 0.1) is 0 Å². The van der Waals surface area contributed by atoms with Crippen LogP contribution in [-0.2, 0) is 0 Å². The fourth-order valence-electron chi connectivity index (χ4n) is 1.08. The molecule has 1 fully saturated rings. The van der Waals surface area contributed by atoms with Gasteiger partial charge in [-0.05, 0) is 0 Å². The van der Waals surface area contributed by atoms with Crippen molar-refractivity contribution in [1.29, 1.82) is 0 Å². The second-order valence-electron chi connectivity index (χ2n) is 2.23. The van der Waals surface area contributed by atoms with Gasteiger partial charge in [0.25, 0.3) is 0 Å². The summed E-state index contributed by atoms with van der Waals surface area (Å²) < 4.78 is 0. The van der Waals surface area contributed by atoms with Crippen LogP contribution in [0.25, 0.3) is 5.32 Å². The molecule has 0 radical (unpaired) electrons. The van der Waals surface area contributed by atoms with Crippen LogP contribution >= 0.6 is 0 Å². The molecule has 0 bridgehead atoms. The molecule has 0 N–H and O–H groups in total. The van der Waals surface area contributed by atoms with E-state index >= 15 is 0 Å². The predicted octanol–water partition coefficient (Wildman–Crippen LogP) is -0.897. The van der Waals surface area contributed by atoms with Crippen LogP contribution in [0.5, 0.6) is 0 Å². The maximum atomic E-state index is 4.35. The molecular weight excluding hydrogens is 105 g/mol. The molecular formula is C7H12LiN. The number of rotatable bonds is 2. The van der Waals surface area contributed by atoms with Crippen molar-refractivity contribution in [2.24, 2.45) is 0 Å². The van der Waals surface area contributed by atoms with E-state index in [0.717, 1.165) is 13.0 Å². The number of hydrogen-bond acceptors (Lipinski definition) is 0. The maximum absolute atomic E-state index is 4.35. The van der Waals surface area contributed by atoms with Gasteiger partial charge in [-0.3, -0.25) is 0 Å². The number of hydrogen-bond donors (Lipinski definition) is 0. The van der Waals surface area contributed by atoms with Gasteiger partial charge in [0.15, 0.2) is 0 Å². The van der Waals surface area contributed by atoms with E-state index in [1.807, 2.05) is 6.08 Å². The topological polar surface area (TPSA) is 14.1 Å². The van der Waals surface area contributed by atoms with E-state index < -0.39 is 0 Å². The van der Waals surface area contributed by atoms with Gasteiger partial charge in [0.05, 0.1) is 0 Å². The fourth-order valence-corrected chi connectivity index (χ4v) is 1.08. The van der Waals surface area contributed by atoms with Crippen molar-refractivity contribution in [1.82, 2.24) is 0 Å². The molecule has 1 atom stereocenters. The van der Waals surface area contributed by atoms with Crippen molar-refractivity contribution in [3.8, 4) is 0 Å². The molecule has 0 unspecified atom stereocenters. The van der Waals surface area contributed by atoms with Crippen molar-refractivity contribution < 1.29 is 18.9 Å². The molecule has 0 aliphatic carbocycles. The van der Waals surface area contributed by atoms with E-state index in [0.29, 0.717) is 6.04 Å². The van der Waals surface area contributed by atoms with Crippen LogP contribution < -0.4 is 18.9 Å². The molecule has 0 amide bonds. The Hall–Kier alpha value is 0.297. The summed E-state index contributed by atoms with van der Waals surface area (Å²) >= 11 is 0. The summed E-state index contributed by atoms with van der Waals surface area (Å²) in [6.45, 7) is 4.75. The monoisotopic (exact) mass is 117 g/mol. The van der Waals surface area contributed by atoms with E-state index in [1.165, 1.54) is 12.8 Å². The SMILES string of the molecule is C=CC[C@@H]1CCC[N-]1.[Li+]. The summed E-state index contributed by atoms with van der Waals surface area (Å²) in [6, 6.07) is 0.618. The van der Waals surface area contributed by atoms with Crippen LogP contribution in [0.15, 0.2) is 12.7 Å². The van der Waals surface area contributed by atoms with Gasteiger partial charge in [0.2, 0.25) is 0 Å². The van der Waals surface area contributed by atoms with E-state index in [9.17, 15) is 0 Å². The smallest absolute Gasteiger partial charge is 0.659 e. The van der Waals surface area contributed by atoms with E-state index in [1.54, 1.807) is 0 Å². The molecule has 1 saturated heterocycles. The third kappa shape index (κ3) is 3.10. The Morgan fingerprint density at radius 1 is 1.67 bits per heavy atom. The van der Waals surface area contributed by atoms with Crippen molar-refractivity contribution in [3.05, 3.63) is 18.0 Å². The Bertz CT molecular complexity index is 77.0. The van der Waals surface area contributed by atoms with E-state index in [4.69, 9.17) is 0 Å². The van der Waals surface area contributed by atoms with Crippen LogP contribution in [0.4, 0.5) is 0 Å². The van der Waals surface area contributed by atoms with Gasteiger partial charge in [-0.2, -0.15) is 0 Å². The Labute approximate surface area is 69.1 Å². The van der Waals surface area contributed by atoms with Gasteiger partial charge in [-0.1, -0.05) is 25.3 Å². The molecule has 1 rings (SSSR count). The minimum absolute atomic E-state index is 0. The van der Waals surface area contributed by atoms with Gasteiger partial charge < -0.3 is 5.32 Å². The van der Waals surface area contributed by atoms with Crippen molar-refractivity contribution in [3.63, 3.8) is 0 Å². The minimum Gasteiger partial charge on any atom is -0.659 e. The van der Waals surface area contributed by atoms with Gasteiger partial charge in [-0.15, -0.1) is 19.2 Å². The van der Waals surface area contributed by atoms with E-state index in [-0.39, 0.29) is 18.9 Å². The fraction of sp³-hybridized carbons (Fsp3) is 0.714. The summed E-state index contributed by atoms with van der Waals surface area (Å²) in [4.78, 5) is 0. The molecule has 9 heavy (non-hydrogen) atoms. The molecule has 1 aliphatic heterocycles. The molecule has 1 heterocycles. The largest absolute Gasteiger partial charge is 1.00 e. The Kier molecular flexibility index (Phi) is 5.28. The summed E-state index contributed by atoms with van der Waals surface area (Å²) in [7, 11) is 0. The molecule has 46 valence electrons. The first-order valence-electron chi connectivity index (χ1n) is 3.21. The number of nitrogens with zero attached hydrogens (tertiary/aromatic N) is 1. The van der Waals surface area contributed by atoms with Crippen LogP contribution in [0.3, 0.4) is 0 Å². The average Bonchev–Trinajstić information content (AvgIpc) is 2.19. The second kappa shape index (κ2) is 5.11. The first-order chi connectivity index (χ1) is 3.93. The predicted molar refractivity (Wildman–Crippen MR) is 36.1 cm³/mol. The minimum atomic E-state index is 0. The first-order valence-corrected chi connectivity index (χ1v) is 3.21. The normalized spacial score (nSPS) is 25.1. The molecule has 0 saturated carbocycles. The maximum Gasteiger partial charge on any atom is 1.00 e. The van der Waals surface area contributed by atoms with Crippen LogP contribution in [-0.4, -0.2) is 12.6 Å². The molecule has 0 aromatic heterocycles. The molecule has 0 spiro atoms. The van der Waals surface area contributed by atoms with Crippen LogP contribution in [0.1, 0.15) is 19.3 Å². The Morgan fingerprint density at radius 3 is 2.89 bits per heavy atom. The summed E-state index contributed by atoms with van der Waals surface area (Å²) in [5, 5.41) is 4.35. The summed E-state index contributed by atoms with van der Waals surface area (Å²) in [5.41, 5.74) is 0. The van der Waals surface area contributed by atoms with Crippen molar-refractivity contribution >= 4 is 0 Å². The van der Waals surface area contributed by atoms with Gasteiger partial charge >= 0.3 is 18.9 Å². The van der Waals surface area contributed by atoms with Crippen molar-refractivity contribution in [2.75, 3.05) is 6.54 Å². The Balaban J connectivity index is 0.000000640. The quantitative estimate of drug-likeness (QED) is 0.329. The Morgan fingerprint density at radius 2 is 2.44 bits per heavy atom. The molecule has 1 nitrogen and oxygen atoms in total. The molecule has 2 heteroatoms. The first kappa shape index (κ1) is 9.30. The molecule has 0 aromatic carbocycles. The van der Waals surface area contributed by atoms with Crippen molar-refractivity contribution in [2.45, 2.75) is 25.3 Å². The van der Waals surface area contributed by atoms with Gasteiger partial charge in [-0.25, -0.2) is 0 Å². The molecule has 0 aromatic rings. The standard InChI is InChI=1S/C7H12N.Li/c1-2-4-7-5-3-6-8-7;/h2,7H,1,3-6H2;/q-1;+1/t7-;/m1./s1. The molecule has 1 aliphatic rings. The third-order valence-electron chi connectivity index (χ3n) is 1.52. The third-order valence-corrected chi connectivity index (χ3v) is 1.52. The average molecular weight is 117 g/mol. The zero-order valence-corrected chi connectivity index (χ0v) is 6.14. The zero-order valence-electron chi connectivity index (χ0n) is 6.14. The van der Waals surface area contributed by atoms with Gasteiger partial charge in [0, 0.05) is 0 Å². The van der Waals surface area contributed by atoms with E-state index in [2.05, 4.69) is 11.9 Å². The summed E-state index contributed by atoms with van der Waals surface area (Å²) in [5.74, 6) is 0. The summed E-state index contributed by atoms with van der Waals surface area (Å²) in [6.07, 6.45) is 5.62.